The van der Waals surface area contributed by atoms with E-state index in [0.29, 0.717) is 16.9 Å². The highest BCUT2D eigenvalue weighted by atomic mass is 19.1. The van der Waals surface area contributed by atoms with Gasteiger partial charge in [0.25, 0.3) is 0 Å². The average Bonchev–Trinajstić information content (AvgIpc) is 2.58. The second kappa shape index (κ2) is 9.21. The van der Waals surface area contributed by atoms with Crippen molar-refractivity contribution in [1.82, 2.24) is 5.32 Å². The van der Waals surface area contributed by atoms with Gasteiger partial charge in [0.05, 0.1) is 0 Å². The minimum Gasteiger partial charge on any atom is -0.489 e. The zero-order chi connectivity index (χ0) is 20.7. The summed E-state index contributed by atoms with van der Waals surface area (Å²) in [5.41, 5.74) is 0.512. The van der Waals surface area contributed by atoms with Crippen LogP contribution in [0.2, 0.25) is 0 Å². The Balaban J connectivity index is 2.08. The molecule has 0 spiro atoms. The summed E-state index contributed by atoms with van der Waals surface area (Å²) in [6, 6.07) is 11.8. The number of nitrogens with one attached hydrogen (secondary N) is 1. The van der Waals surface area contributed by atoms with Crippen molar-refractivity contribution in [2.75, 3.05) is 0 Å². The molecule has 0 fully saturated rings. The molecule has 0 saturated carbocycles. The molecule has 0 aliphatic rings. The second-order valence-corrected chi connectivity index (χ2v) is 7.27. The molecule has 150 valence electrons. The Labute approximate surface area is 163 Å². The van der Waals surface area contributed by atoms with E-state index in [1.807, 2.05) is 0 Å². The summed E-state index contributed by atoms with van der Waals surface area (Å²) in [6.07, 6.45) is -0.800. The largest absolute Gasteiger partial charge is 0.489 e. The van der Waals surface area contributed by atoms with Gasteiger partial charge in [-0.25, -0.2) is 14.0 Å². The molecule has 2 aromatic rings. The van der Waals surface area contributed by atoms with Crippen molar-refractivity contribution in [3.05, 3.63) is 65.5 Å². The molecule has 0 aliphatic carbocycles. The van der Waals surface area contributed by atoms with Crippen molar-refractivity contribution >= 4 is 12.1 Å². The van der Waals surface area contributed by atoms with Crippen molar-refractivity contribution in [3.8, 4) is 5.75 Å². The SMILES string of the molecule is CC(C)(C)OC(=O)NC(Cc1ccccc1OCc1cccc(F)c1)C(=O)O. The number of amides is 1. The highest BCUT2D eigenvalue weighted by Gasteiger charge is 2.25. The molecule has 2 N–H and O–H groups in total. The van der Waals surface area contributed by atoms with Gasteiger partial charge in [0.1, 0.15) is 29.8 Å². The number of para-hydroxylation sites is 1. The van der Waals surface area contributed by atoms with Crippen molar-refractivity contribution in [1.29, 1.82) is 0 Å². The van der Waals surface area contributed by atoms with Gasteiger partial charge in [0.2, 0.25) is 0 Å². The molecule has 6 nitrogen and oxygen atoms in total. The average molecular weight is 389 g/mol. The van der Waals surface area contributed by atoms with E-state index in [4.69, 9.17) is 9.47 Å². The number of halogens is 1. The number of benzene rings is 2. The third-order valence-corrected chi connectivity index (χ3v) is 3.67. The maximum absolute atomic E-state index is 13.3. The second-order valence-electron chi connectivity index (χ2n) is 7.27. The van der Waals surface area contributed by atoms with Gasteiger partial charge in [-0.15, -0.1) is 0 Å². The van der Waals surface area contributed by atoms with Crippen LogP contribution in [-0.2, 0) is 22.6 Å². The first-order chi connectivity index (χ1) is 13.1. The molecule has 7 heteroatoms. The standard InChI is InChI=1S/C21H24FNO5/c1-21(2,3)28-20(26)23-17(19(24)25)12-15-8-4-5-10-18(15)27-13-14-7-6-9-16(22)11-14/h4-11,17H,12-13H2,1-3H3,(H,23,26)(H,24,25). The Morgan fingerprint density at radius 2 is 1.86 bits per heavy atom. The molecule has 0 saturated heterocycles. The topological polar surface area (TPSA) is 84.9 Å². The van der Waals surface area contributed by atoms with Gasteiger partial charge in [-0.2, -0.15) is 0 Å². The predicted molar refractivity (Wildman–Crippen MR) is 102 cm³/mol. The molecule has 1 atom stereocenters. The molecule has 0 heterocycles. The minimum atomic E-state index is -1.19. The Morgan fingerprint density at radius 1 is 1.14 bits per heavy atom. The van der Waals surface area contributed by atoms with Crippen LogP contribution in [0.15, 0.2) is 48.5 Å². The smallest absolute Gasteiger partial charge is 0.408 e. The first-order valence-electron chi connectivity index (χ1n) is 8.81. The Bertz CT molecular complexity index is 832. The Morgan fingerprint density at radius 3 is 2.50 bits per heavy atom. The van der Waals surface area contributed by atoms with Crippen LogP contribution in [0.1, 0.15) is 31.9 Å². The molecule has 0 aromatic heterocycles. The van der Waals surface area contributed by atoms with E-state index in [-0.39, 0.29) is 18.8 Å². The minimum absolute atomic E-state index is 0.00784. The van der Waals surface area contributed by atoms with Crippen LogP contribution < -0.4 is 10.1 Å². The fourth-order valence-electron chi connectivity index (χ4n) is 2.47. The number of hydrogen-bond acceptors (Lipinski definition) is 4. The van der Waals surface area contributed by atoms with Crippen molar-refractivity contribution in [2.45, 2.75) is 45.4 Å². The normalized spacial score (nSPS) is 12.1. The predicted octanol–water partition coefficient (Wildman–Crippen LogP) is 3.93. The number of alkyl carbamates (subject to hydrolysis) is 1. The highest BCUT2D eigenvalue weighted by Crippen LogP contribution is 2.21. The lowest BCUT2D eigenvalue weighted by atomic mass is 10.0. The lowest BCUT2D eigenvalue weighted by molar-refractivity contribution is -0.139. The molecule has 2 rings (SSSR count). The van der Waals surface area contributed by atoms with Gasteiger partial charge in [-0.1, -0.05) is 30.3 Å². The van der Waals surface area contributed by atoms with Gasteiger partial charge in [0.15, 0.2) is 0 Å². The van der Waals surface area contributed by atoms with Gasteiger partial charge in [-0.3, -0.25) is 0 Å². The summed E-state index contributed by atoms with van der Waals surface area (Å²) in [4.78, 5) is 23.5. The zero-order valence-electron chi connectivity index (χ0n) is 16.1. The molecule has 0 bridgehead atoms. The zero-order valence-corrected chi connectivity index (χ0v) is 16.1. The van der Waals surface area contributed by atoms with E-state index < -0.39 is 23.7 Å². The summed E-state index contributed by atoms with van der Waals surface area (Å²) in [5, 5.41) is 11.8. The first kappa shape index (κ1) is 21.2. The number of carboxylic acids is 1. The summed E-state index contributed by atoms with van der Waals surface area (Å²) in [5.74, 6) is -1.09. The third kappa shape index (κ3) is 6.90. The van der Waals surface area contributed by atoms with Gasteiger partial charge in [0, 0.05) is 6.42 Å². The third-order valence-electron chi connectivity index (χ3n) is 3.67. The van der Waals surface area contributed by atoms with Crippen LogP contribution in [-0.4, -0.2) is 28.8 Å². The van der Waals surface area contributed by atoms with Crippen LogP contribution in [0.25, 0.3) is 0 Å². The van der Waals surface area contributed by atoms with Gasteiger partial charge in [-0.05, 0) is 50.1 Å². The molecule has 1 amide bonds. The molecule has 1 unspecified atom stereocenters. The number of rotatable bonds is 7. The molecule has 28 heavy (non-hydrogen) atoms. The van der Waals surface area contributed by atoms with Crippen molar-refractivity contribution in [3.63, 3.8) is 0 Å². The van der Waals surface area contributed by atoms with Crippen LogP contribution in [0.5, 0.6) is 5.75 Å². The number of carbonyl (C=O) groups is 2. The lowest BCUT2D eigenvalue weighted by Gasteiger charge is -2.22. The van der Waals surface area contributed by atoms with Gasteiger partial charge < -0.3 is 19.9 Å². The number of hydrogen-bond donors (Lipinski definition) is 2. The number of aliphatic carboxylic acids is 1. The summed E-state index contributed by atoms with van der Waals surface area (Å²) in [6.45, 7) is 5.21. The lowest BCUT2D eigenvalue weighted by Crippen LogP contribution is -2.44. The summed E-state index contributed by atoms with van der Waals surface area (Å²) in [7, 11) is 0. The molecule has 0 aliphatic heterocycles. The fraction of sp³-hybridized carbons (Fsp3) is 0.333. The Kier molecular flexibility index (Phi) is 6.98. The maximum atomic E-state index is 13.3. The van der Waals surface area contributed by atoms with Gasteiger partial charge >= 0.3 is 12.1 Å². The first-order valence-corrected chi connectivity index (χ1v) is 8.81. The maximum Gasteiger partial charge on any atom is 0.408 e. The molecular formula is C21H24FNO5. The van der Waals surface area contributed by atoms with Crippen LogP contribution in [0.3, 0.4) is 0 Å². The highest BCUT2D eigenvalue weighted by molar-refractivity contribution is 5.80. The Hall–Kier alpha value is -3.09. The number of carbonyl (C=O) groups excluding carboxylic acids is 1. The molecule has 0 radical (unpaired) electrons. The van der Waals surface area contributed by atoms with E-state index in [1.165, 1.54) is 12.1 Å². The fourth-order valence-corrected chi connectivity index (χ4v) is 2.47. The summed E-state index contributed by atoms with van der Waals surface area (Å²) >= 11 is 0. The van der Waals surface area contributed by atoms with Crippen LogP contribution >= 0.6 is 0 Å². The van der Waals surface area contributed by atoms with E-state index in [2.05, 4.69) is 5.32 Å². The van der Waals surface area contributed by atoms with E-state index >= 15 is 0 Å². The number of ether oxygens (including phenoxy) is 2. The van der Waals surface area contributed by atoms with Crippen LogP contribution in [0.4, 0.5) is 9.18 Å². The monoisotopic (exact) mass is 389 g/mol. The number of carboxylic acid groups (broad SMARTS) is 1. The molecule has 2 aromatic carbocycles. The van der Waals surface area contributed by atoms with E-state index in [9.17, 15) is 19.1 Å². The molecular weight excluding hydrogens is 365 g/mol. The van der Waals surface area contributed by atoms with E-state index in [1.54, 1.807) is 57.2 Å². The van der Waals surface area contributed by atoms with Crippen LogP contribution in [0, 0.1) is 5.82 Å². The summed E-state index contributed by atoms with van der Waals surface area (Å²) < 4.78 is 24.2. The van der Waals surface area contributed by atoms with Crippen molar-refractivity contribution in [2.24, 2.45) is 0 Å². The quantitative estimate of drug-likeness (QED) is 0.750. The van der Waals surface area contributed by atoms with Crippen molar-refractivity contribution < 1.29 is 28.6 Å². The van der Waals surface area contributed by atoms with E-state index in [0.717, 1.165) is 0 Å².